The number of hydrogen-bond acceptors (Lipinski definition) is 4. The van der Waals surface area contributed by atoms with Crippen molar-refractivity contribution in [1.29, 1.82) is 0 Å². The smallest absolute Gasteiger partial charge is 0.191 e. The van der Waals surface area contributed by atoms with Crippen LogP contribution in [-0.2, 0) is 4.74 Å². The van der Waals surface area contributed by atoms with Crippen molar-refractivity contribution in [1.82, 2.24) is 20.4 Å². The van der Waals surface area contributed by atoms with E-state index in [4.69, 9.17) is 4.74 Å². The van der Waals surface area contributed by atoms with E-state index in [1.807, 2.05) is 7.05 Å². The van der Waals surface area contributed by atoms with Crippen molar-refractivity contribution in [3.8, 4) is 0 Å². The average Bonchev–Trinajstić information content (AvgIpc) is 3.48. The molecule has 2 N–H and O–H groups in total. The Balaban J connectivity index is 0.00000225. The van der Waals surface area contributed by atoms with Crippen LogP contribution in [0.3, 0.4) is 0 Å². The van der Waals surface area contributed by atoms with Gasteiger partial charge in [0.2, 0.25) is 0 Å². The van der Waals surface area contributed by atoms with Gasteiger partial charge in [-0.2, -0.15) is 0 Å². The maximum Gasteiger partial charge on any atom is 0.191 e. The predicted molar refractivity (Wildman–Crippen MR) is 126 cm³/mol. The Morgan fingerprint density at radius 3 is 2.46 bits per heavy atom. The molecule has 0 radical (unpaired) electrons. The van der Waals surface area contributed by atoms with Crippen LogP contribution in [0.25, 0.3) is 0 Å². The fourth-order valence-electron chi connectivity index (χ4n) is 5.36. The molecule has 4 rings (SSSR count). The first-order valence-corrected chi connectivity index (χ1v) is 11.3. The Morgan fingerprint density at radius 1 is 1.04 bits per heavy atom. The largest absolute Gasteiger partial charge is 0.379 e. The Kier molecular flexibility index (Phi) is 8.68. The first kappa shape index (κ1) is 22.6. The SMILES string of the molecule is CN=C(NCC1CCN(C2CC2)C1)NCC1(N2CCOCC2)CCCCC1.I. The highest BCUT2D eigenvalue weighted by Crippen LogP contribution is 2.34. The maximum atomic E-state index is 5.61. The van der Waals surface area contributed by atoms with E-state index in [0.29, 0.717) is 0 Å². The number of nitrogens with zero attached hydrogens (tertiary/aromatic N) is 3. The number of guanidine groups is 1. The molecule has 2 saturated carbocycles. The van der Waals surface area contributed by atoms with Crippen LogP contribution in [0.1, 0.15) is 51.4 Å². The van der Waals surface area contributed by atoms with Crippen molar-refractivity contribution in [2.45, 2.75) is 62.9 Å². The summed E-state index contributed by atoms with van der Waals surface area (Å²) in [5.74, 6) is 1.75. The van der Waals surface area contributed by atoms with Crippen molar-refractivity contribution in [2.75, 3.05) is 59.5 Å². The maximum absolute atomic E-state index is 5.61. The lowest BCUT2D eigenvalue weighted by Crippen LogP contribution is -2.60. The molecule has 1 atom stereocenters. The van der Waals surface area contributed by atoms with Crippen LogP contribution in [0.5, 0.6) is 0 Å². The van der Waals surface area contributed by atoms with Crippen LogP contribution < -0.4 is 10.6 Å². The Morgan fingerprint density at radius 2 is 1.79 bits per heavy atom. The molecule has 162 valence electrons. The van der Waals surface area contributed by atoms with E-state index in [1.54, 1.807) is 0 Å². The third kappa shape index (κ3) is 5.73. The summed E-state index contributed by atoms with van der Waals surface area (Å²) in [5.41, 5.74) is 0.287. The normalized spacial score (nSPS) is 29.3. The number of nitrogens with one attached hydrogen (secondary N) is 2. The summed E-state index contributed by atoms with van der Waals surface area (Å²) < 4.78 is 5.61. The zero-order valence-corrected chi connectivity index (χ0v) is 20.0. The summed E-state index contributed by atoms with van der Waals surface area (Å²) in [6.45, 7) is 8.54. The minimum atomic E-state index is 0. The molecule has 2 saturated heterocycles. The first-order valence-electron chi connectivity index (χ1n) is 11.3. The van der Waals surface area contributed by atoms with Crippen LogP contribution >= 0.6 is 24.0 Å². The zero-order valence-electron chi connectivity index (χ0n) is 17.6. The lowest BCUT2D eigenvalue weighted by Gasteiger charge is -2.48. The van der Waals surface area contributed by atoms with Gasteiger partial charge in [-0.15, -0.1) is 24.0 Å². The second kappa shape index (κ2) is 10.8. The van der Waals surface area contributed by atoms with Gasteiger partial charge in [-0.1, -0.05) is 19.3 Å². The topological polar surface area (TPSA) is 52.1 Å². The van der Waals surface area contributed by atoms with Crippen molar-refractivity contribution in [3.63, 3.8) is 0 Å². The van der Waals surface area contributed by atoms with Crippen molar-refractivity contribution in [2.24, 2.45) is 10.9 Å². The lowest BCUT2D eigenvalue weighted by atomic mass is 9.80. The number of likely N-dealkylation sites (tertiary alicyclic amines) is 1. The summed E-state index contributed by atoms with van der Waals surface area (Å²) in [4.78, 5) is 9.90. The molecule has 4 fully saturated rings. The molecule has 0 aromatic rings. The van der Waals surface area contributed by atoms with Crippen molar-refractivity contribution >= 4 is 29.9 Å². The minimum Gasteiger partial charge on any atom is -0.379 e. The number of morpholine rings is 1. The molecule has 0 spiro atoms. The molecule has 1 unspecified atom stereocenters. The van der Waals surface area contributed by atoms with Gasteiger partial charge in [0, 0.05) is 51.4 Å². The fraction of sp³-hybridized carbons (Fsp3) is 0.952. The van der Waals surface area contributed by atoms with Gasteiger partial charge in [0.05, 0.1) is 13.2 Å². The number of rotatable bonds is 6. The average molecular weight is 505 g/mol. The van der Waals surface area contributed by atoms with Crippen LogP contribution in [-0.4, -0.2) is 86.9 Å². The lowest BCUT2D eigenvalue weighted by molar-refractivity contribution is -0.0352. The molecule has 28 heavy (non-hydrogen) atoms. The molecule has 2 aliphatic carbocycles. The monoisotopic (exact) mass is 505 g/mol. The van der Waals surface area contributed by atoms with E-state index in [-0.39, 0.29) is 29.5 Å². The molecule has 0 aromatic heterocycles. The molecule has 2 aliphatic heterocycles. The van der Waals surface area contributed by atoms with Crippen LogP contribution in [0.4, 0.5) is 0 Å². The van der Waals surface area contributed by atoms with E-state index in [2.05, 4.69) is 25.4 Å². The zero-order chi connectivity index (χ0) is 18.5. The van der Waals surface area contributed by atoms with E-state index in [1.165, 1.54) is 64.5 Å². The van der Waals surface area contributed by atoms with E-state index >= 15 is 0 Å². The second-order valence-corrected chi connectivity index (χ2v) is 9.07. The van der Waals surface area contributed by atoms with Crippen LogP contribution in [0, 0.1) is 5.92 Å². The summed E-state index contributed by atoms with van der Waals surface area (Å²) in [6.07, 6.45) is 10.9. The Hall–Kier alpha value is -0.120. The van der Waals surface area contributed by atoms with Gasteiger partial charge < -0.3 is 20.3 Å². The summed E-state index contributed by atoms with van der Waals surface area (Å²) >= 11 is 0. The van der Waals surface area contributed by atoms with E-state index in [9.17, 15) is 0 Å². The highest BCUT2D eigenvalue weighted by atomic mass is 127. The molecule has 7 heteroatoms. The molecule has 0 bridgehead atoms. The van der Waals surface area contributed by atoms with Gasteiger partial charge in [-0.05, 0) is 44.6 Å². The second-order valence-electron chi connectivity index (χ2n) is 9.07. The van der Waals surface area contributed by atoms with Crippen molar-refractivity contribution < 1.29 is 4.74 Å². The Bertz CT molecular complexity index is 501. The Labute approximate surface area is 188 Å². The predicted octanol–water partition coefficient (Wildman–Crippen LogP) is 2.29. The number of ether oxygens (including phenoxy) is 1. The third-order valence-electron chi connectivity index (χ3n) is 7.21. The highest BCUT2D eigenvalue weighted by molar-refractivity contribution is 14.0. The van der Waals surface area contributed by atoms with Gasteiger partial charge in [0.1, 0.15) is 0 Å². The standard InChI is InChI=1S/C21H39N5O.HI/c1-22-20(23-15-18-7-10-25(16-18)19-5-6-19)24-17-21(8-3-2-4-9-21)26-11-13-27-14-12-26;/h18-19H,2-17H2,1H3,(H2,22,23,24);1H. The van der Waals surface area contributed by atoms with Crippen LogP contribution in [0.15, 0.2) is 4.99 Å². The quantitative estimate of drug-likeness (QED) is 0.330. The number of aliphatic imine (C=N–C) groups is 1. The van der Waals surface area contributed by atoms with Gasteiger partial charge in [0.15, 0.2) is 5.96 Å². The summed E-state index contributed by atoms with van der Waals surface area (Å²) in [7, 11) is 1.91. The molecular weight excluding hydrogens is 465 g/mol. The van der Waals surface area contributed by atoms with Gasteiger partial charge in [-0.25, -0.2) is 0 Å². The third-order valence-corrected chi connectivity index (χ3v) is 7.21. The molecule has 4 aliphatic rings. The molecule has 2 heterocycles. The van der Waals surface area contributed by atoms with Crippen LogP contribution in [0.2, 0.25) is 0 Å². The summed E-state index contributed by atoms with van der Waals surface area (Å²) in [6, 6.07) is 0.909. The van der Waals surface area contributed by atoms with Crippen molar-refractivity contribution in [3.05, 3.63) is 0 Å². The van der Waals surface area contributed by atoms with Gasteiger partial charge >= 0.3 is 0 Å². The first-order chi connectivity index (χ1) is 13.3. The molecule has 0 aromatic carbocycles. The summed E-state index contributed by atoms with van der Waals surface area (Å²) in [5, 5.41) is 7.31. The minimum absolute atomic E-state index is 0. The fourth-order valence-corrected chi connectivity index (χ4v) is 5.36. The number of halogens is 1. The molecule has 0 amide bonds. The molecule has 6 nitrogen and oxygen atoms in total. The van der Waals surface area contributed by atoms with E-state index < -0.39 is 0 Å². The van der Waals surface area contributed by atoms with E-state index in [0.717, 1.165) is 57.3 Å². The number of hydrogen-bond donors (Lipinski definition) is 2. The highest BCUT2D eigenvalue weighted by Gasteiger charge is 2.39. The van der Waals surface area contributed by atoms with Gasteiger partial charge in [0.25, 0.3) is 0 Å². The van der Waals surface area contributed by atoms with Gasteiger partial charge in [-0.3, -0.25) is 9.89 Å². The molecular formula is C21H40IN5O.